The summed E-state index contributed by atoms with van der Waals surface area (Å²) in [5.41, 5.74) is -0.0406. The molecule has 3 N–H and O–H groups in total. The van der Waals surface area contributed by atoms with E-state index in [1.54, 1.807) is 58.2 Å². The fraction of sp³-hybridized carbons (Fsp3) is 0.517. The molecule has 0 saturated heterocycles. The van der Waals surface area contributed by atoms with Gasteiger partial charge in [0.05, 0.1) is 26.0 Å². The Morgan fingerprint density at radius 3 is 2.02 bits per heavy atom. The van der Waals surface area contributed by atoms with Gasteiger partial charge in [-0.3, -0.25) is 14.4 Å². The van der Waals surface area contributed by atoms with Crippen molar-refractivity contribution in [2.24, 2.45) is 5.92 Å². The Morgan fingerprint density at radius 1 is 0.875 bits per heavy atom. The molecule has 2 rings (SSSR count). The molecular weight excluding hydrogens is 518 g/mol. The van der Waals surface area contributed by atoms with E-state index in [-0.39, 0.29) is 30.5 Å². The van der Waals surface area contributed by atoms with E-state index in [0.29, 0.717) is 12.2 Å². The van der Waals surface area contributed by atoms with Crippen LogP contribution >= 0.6 is 0 Å². The fourth-order valence-corrected chi connectivity index (χ4v) is 3.84. The second-order valence-corrected chi connectivity index (χ2v) is 10.8. The van der Waals surface area contributed by atoms with Gasteiger partial charge < -0.3 is 34.6 Å². The van der Waals surface area contributed by atoms with Gasteiger partial charge in [-0.15, -0.1) is 0 Å². The Bertz CT molecular complexity index is 1110. The Hall–Kier alpha value is -3.86. The van der Waals surface area contributed by atoms with Crippen molar-refractivity contribution < 1.29 is 37.8 Å². The lowest BCUT2D eigenvalue weighted by atomic mass is 9.98. The van der Waals surface area contributed by atoms with Crippen LogP contribution in [-0.4, -0.2) is 68.2 Å². The van der Waals surface area contributed by atoms with E-state index < -0.39 is 41.6 Å². The summed E-state index contributed by atoms with van der Waals surface area (Å²) in [7, 11) is 2.93. The van der Waals surface area contributed by atoms with Gasteiger partial charge in [0.1, 0.15) is 23.4 Å². The van der Waals surface area contributed by atoms with Crippen LogP contribution in [0.1, 0.15) is 57.2 Å². The number of methoxy groups -OCH3 is 2. The second kappa shape index (κ2) is 15.1. The monoisotopic (exact) mass is 559 g/mol. The highest BCUT2D eigenvalue weighted by Gasteiger charge is 2.32. The first-order valence-electron chi connectivity index (χ1n) is 13.1. The van der Waals surface area contributed by atoms with Gasteiger partial charge in [0.15, 0.2) is 5.76 Å². The van der Waals surface area contributed by atoms with Gasteiger partial charge >= 0.3 is 6.09 Å². The highest BCUT2D eigenvalue weighted by molar-refractivity contribution is 6.01. The predicted molar refractivity (Wildman–Crippen MR) is 148 cm³/mol. The average Bonchev–Trinajstić information content (AvgIpc) is 3.41. The van der Waals surface area contributed by atoms with Gasteiger partial charge in [0, 0.05) is 13.5 Å². The van der Waals surface area contributed by atoms with Crippen molar-refractivity contribution in [3.63, 3.8) is 0 Å². The molecule has 3 atom stereocenters. The number of ether oxygens (including phenoxy) is 3. The van der Waals surface area contributed by atoms with Crippen LogP contribution in [0.3, 0.4) is 0 Å². The number of amides is 3. The summed E-state index contributed by atoms with van der Waals surface area (Å²) >= 11 is 0. The summed E-state index contributed by atoms with van der Waals surface area (Å²) < 4.78 is 20.9. The molecule has 1 heterocycles. The summed E-state index contributed by atoms with van der Waals surface area (Å²) in [6.45, 7) is 8.82. The normalized spacial score (nSPS) is 13.6. The zero-order valence-corrected chi connectivity index (χ0v) is 24.2. The van der Waals surface area contributed by atoms with E-state index in [9.17, 15) is 19.2 Å². The Kier molecular flexibility index (Phi) is 12.2. The highest BCUT2D eigenvalue weighted by Crippen LogP contribution is 2.15. The van der Waals surface area contributed by atoms with Crippen LogP contribution in [0.4, 0.5) is 4.79 Å². The number of nitrogens with one attached hydrogen (secondary N) is 3. The number of Topliss-reactive ketones (excluding diaryl/α,β-unsaturated/α-hetero) is 1. The zero-order valence-electron chi connectivity index (χ0n) is 24.2. The van der Waals surface area contributed by atoms with Crippen molar-refractivity contribution in [2.45, 2.75) is 71.2 Å². The Balaban J connectivity index is 2.23. The van der Waals surface area contributed by atoms with Gasteiger partial charge in [0.25, 0.3) is 0 Å². The third-order valence-electron chi connectivity index (χ3n) is 5.68. The van der Waals surface area contributed by atoms with Crippen LogP contribution in [0, 0.1) is 5.92 Å². The quantitative estimate of drug-likeness (QED) is 0.299. The highest BCUT2D eigenvalue weighted by atomic mass is 16.6. The minimum Gasteiger partial charge on any atom is -0.497 e. The molecule has 220 valence electrons. The largest absolute Gasteiger partial charge is 0.497 e. The molecule has 0 fully saturated rings. The van der Waals surface area contributed by atoms with Crippen LogP contribution in [0.5, 0.6) is 5.75 Å². The lowest BCUT2D eigenvalue weighted by Crippen LogP contribution is -2.57. The van der Waals surface area contributed by atoms with E-state index in [2.05, 4.69) is 16.0 Å². The lowest BCUT2D eigenvalue weighted by Gasteiger charge is -2.26. The minimum atomic E-state index is -1.14. The molecule has 40 heavy (non-hydrogen) atoms. The van der Waals surface area contributed by atoms with E-state index in [0.717, 1.165) is 5.56 Å². The number of hydrogen-bond donors (Lipinski definition) is 3. The number of alkyl carbamates (subject to hydrolysis) is 1. The van der Waals surface area contributed by atoms with Crippen LogP contribution in [-0.2, 0) is 25.5 Å². The number of rotatable bonds is 14. The molecule has 0 spiro atoms. The standard InChI is InChI=1S/C29H41N3O8/c1-18(2)15-21(25(33)24-9-8-14-39-24)30-27(35)23(17-37-6)31-26(34)22(32-28(36)40-29(3,4)5)16-19-10-12-20(38-7)13-11-19/h8-14,18,21-23H,15-17H2,1-7H3,(H,30,35)(H,31,34)(H,32,36). The third kappa shape index (κ3) is 10.7. The molecule has 0 aliphatic heterocycles. The second-order valence-electron chi connectivity index (χ2n) is 10.8. The molecule has 3 amide bonds. The number of furan rings is 1. The van der Waals surface area contributed by atoms with E-state index in [4.69, 9.17) is 18.6 Å². The van der Waals surface area contributed by atoms with Crippen LogP contribution < -0.4 is 20.7 Å². The van der Waals surface area contributed by atoms with Gasteiger partial charge in [-0.1, -0.05) is 26.0 Å². The molecule has 11 nitrogen and oxygen atoms in total. The van der Waals surface area contributed by atoms with Crippen LogP contribution in [0.2, 0.25) is 0 Å². The maximum absolute atomic E-state index is 13.4. The molecule has 0 saturated carbocycles. The number of benzene rings is 1. The van der Waals surface area contributed by atoms with Crippen molar-refractivity contribution in [2.75, 3.05) is 20.8 Å². The molecule has 2 aromatic rings. The van der Waals surface area contributed by atoms with Crippen molar-refractivity contribution in [1.29, 1.82) is 0 Å². The average molecular weight is 560 g/mol. The SMILES string of the molecule is COCC(NC(=O)C(Cc1ccc(OC)cc1)NC(=O)OC(C)(C)C)C(=O)NC(CC(C)C)C(=O)c1ccco1. The topological polar surface area (TPSA) is 145 Å². The molecule has 0 radical (unpaired) electrons. The maximum Gasteiger partial charge on any atom is 0.408 e. The molecule has 0 aliphatic carbocycles. The molecule has 1 aromatic heterocycles. The zero-order chi connectivity index (χ0) is 29.9. The van der Waals surface area contributed by atoms with Crippen molar-refractivity contribution in [1.82, 2.24) is 16.0 Å². The van der Waals surface area contributed by atoms with Crippen molar-refractivity contribution >= 4 is 23.7 Å². The third-order valence-corrected chi connectivity index (χ3v) is 5.68. The minimum absolute atomic E-state index is 0.0894. The van der Waals surface area contributed by atoms with Gasteiger partial charge in [-0.25, -0.2) is 4.79 Å². The predicted octanol–water partition coefficient (Wildman–Crippen LogP) is 3.27. The molecule has 3 unspecified atom stereocenters. The van der Waals surface area contributed by atoms with E-state index in [1.165, 1.54) is 19.4 Å². The van der Waals surface area contributed by atoms with Crippen LogP contribution in [0.15, 0.2) is 47.1 Å². The van der Waals surface area contributed by atoms with Gasteiger partial charge in [-0.05, 0) is 62.9 Å². The molecule has 0 bridgehead atoms. The summed E-state index contributed by atoms with van der Waals surface area (Å²) in [4.78, 5) is 52.2. The summed E-state index contributed by atoms with van der Waals surface area (Å²) in [5, 5.41) is 7.98. The molecular formula is C29H41N3O8. The van der Waals surface area contributed by atoms with E-state index in [1.807, 2.05) is 13.8 Å². The molecule has 1 aromatic carbocycles. The van der Waals surface area contributed by atoms with Crippen molar-refractivity contribution in [3.05, 3.63) is 54.0 Å². The van der Waals surface area contributed by atoms with Gasteiger partial charge in [-0.2, -0.15) is 0 Å². The molecule has 11 heteroatoms. The smallest absolute Gasteiger partial charge is 0.408 e. The van der Waals surface area contributed by atoms with E-state index >= 15 is 0 Å². The lowest BCUT2D eigenvalue weighted by molar-refractivity contribution is -0.131. The number of carbonyl (C=O) groups excluding carboxylic acids is 4. The molecule has 0 aliphatic rings. The first-order chi connectivity index (χ1) is 18.8. The Morgan fingerprint density at radius 2 is 1.50 bits per heavy atom. The number of carbonyl (C=O) groups is 4. The van der Waals surface area contributed by atoms with Gasteiger partial charge in [0.2, 0.25) is 17.6 Å². The number of hydrogen-bond acceptors (Lipinski definition) is 8. The van der Waals surface area contributed by atoms with Crippen LogP contribution in [0.25, 0.3) is 0 Å². The first-order valence-corrected chi connectivity index (χ1v) is 13.1. The first kappa shape index (κ1) is 32.4. The summed E-state index contributed by atoms with van der Waals surface area (Å²) in [5.74, 6) is -0.760. The Labute approximate surface area is 235 Å². The maximum atomic E-state index is 13.4. The van der Waals surface area contributed by atoms with Crippen molar-refractivity contribution in [3.8, 4) is 5.75 Å². The fourth-order valence-electron chi connectivity index (χ4n) is 3.84. The summed E-state index contributed by atoms with van der Waals surface area (Å²) in [6, 6.07) is 7.05. The summed E-state index contributed by atoms with van der Waals surface area (Å²) in [6.07, 6.45) is 1.08. The number of ketones is 1.